The summed E-state index contributed by atoms with van der Waals surface area (Å²) in [5.41, 5.74) is 0.130. The summed E-state index contributed by atoms with van der Waals surface area (Å²) in [6, 6.07) is 7.54. The Labute approximate surface area is 137 Å². The zero-order valence-corrected chi connectivity index (χ0v) is 14.5. The molecular formula is C17H26ClNO3. The van der Waals surface area contributed by atoms with E-state index >= 15 is 0 Å². The number of aliphatic hydroxyl groups excluding tert-OH is 1. The largest absolute Gasteiger partial charge is 0.444 e. The van der Waals surface area contributed by atoms with Gasteiger partial charge < -0.3 is 15.2 Å². The summed E-state index contributed by atoms with van der Waals surface area (Å²) in [4.78, 5) is 11.8. The van der Waals surface area contributed by atoms with Crippen LogP contribution in [0.2, 0.25) is 5.02 Å². The van der Waals surface area contributed by atoms with Crippen LogP contribution in [-0.4, -0.2) is 30.0 Å². The van der Waals surface area contributed by atoms with E-state index < -0.39 is 17.1 Å². The van der Waals surface area contributed by atoms with Gasteiger partial charge in [0, 0.05) is 17.0 Å². The van der Waals surface area contributed by atoms with Gasteiger partial charge in [-0.2, -0.15) is 0 Å². The third kappa shape index (κ3) is 6.24. The molecular weight excluding hydrogens is 302 g/mol. The van der Waals surface area contributed by atoms with Gasteiger partial charge in [0.25, 0.3) is 0 Å². The van der Waals surface area contributed by atoms with Gasteiger partial charge in [-0.05, 0) is 51.3 Å². The van der Waals surface area contributed by atoms with E-state index in [2.05, 4.69) is 5.32 Å². The van der Waals surface area contributed by atoms with E-state index in [1.54, 1.807) is 0 Å². The summed E-state index contributed by atoms with van der Waals surface area (Å²) in [5, 5.41) is 13.3. The van der Waals surface area contributed by atoms with E-state index in [0.717, 1.165) is 12.0 Å². The molecule has 1 unspecified atom stereocenters. The second-order valence-corrected chi connectivity index (χ2v) is 7.11. The van der Waals surface area contributed by atoms with Crippen LogP contribution in [0.3, 0.4) is 0 Å². The van der Waals surface area contributed by atoms with Crippen molar-refractivity contribution < 1.29 is 14.6 Å². The molecule has 0 aliphatic rings. The highest BCUT2D eigenvalue weighted by Gasteiger charge is 2.29. The predicted octanol–water partition coefficient (Wildman–Crippen LogP) is 3.80. The zero-order valence-electron chi connectivity index (χ0n) is 13.8. The fraction of sp³-hybridized carbons (Fsp3) is 0.588. The zero-order chi connectivity index (χ0) is 16.8. The molecule has 22 heavy (non-hydrogen) atoms. The lowest BCUT2D eigenvalue weighted by atomic mass is 9.80. The first kappa shape index (κ1) is 18.8. The number of amides is 1. The van der Waals surface area contributed by atoms with Gasteiger partial charge in [-0.15, -0.1) is 0 Å². The van der Waals surface area contributed by atoms with Crippen LogP contribution < -0.4 is 5.32 Å². The van der Waals surface area contributed by atoms with Crippen LogP contribution in [0.15, 0.2) is 24.3 Å². The standard InChI is InChI=1S/C17H26ClNO3/c1-5-17(12-20,10-13-6-8-14(18)9-7-13)11-19-15(21)22-16(2,3)4/h6-9,20H,5,10-12H2,1-4H3,(H,19,21). The number of halogens is 1. The van der Waals surface area contributed by atoms with Crippen LogP contribution in [-0.2, 0) is 11.2 Å². The quantitative estimate of drug-likeness (QED) is 0.835. The summed E-state index contributed by atoms with van der Waals surface area (Å²) in [7, 11) is 0. The highest BCUT2D eigenvalue weighted by atomic mass is 35.5. The summed E-state index contributed by atoms with van der Waals surface area (Å²) in [6.45, 7) is 7.81. The van der Waals surface area contributed by atoms with Crippen LogP contribution in [0.4, 0.5) is 4.79 Å². The molecule has 0 saturated carbocycles. The Hall–Kier alpha value is -1.26. The van der Waals surface area contributed by atoms with Gasteiger partial charge >= 0.3 is 6.09 Å². The number of aliphatic hydroxyl groups is 1. The molecule has 0 fully saturated rings. The number of hydrogen-bond donors (Lipinski definition) is 2. The molecule has 1 rings (SSSR count). The number of benzene rings is 1. The van der Waals surface area contributed by atoms with Gasteiger partial charge in [0.2, 0.25) is 0 Å². The van der Waals surface area contributed by atoms with Crippen molar-refractivity contribution >= 4 is 17.7 Å². The van der Waals surface area contributed by atoms with Gasteiger partial charge in [0.15, 0.2) is 0 Å². The molecule has 0 aliphatic heterocycles. The van der Waals surface area contributed by atoms with Gasteiger partial charge in [0.1, 0.15) is 5.60 Å². The van der Waals surface area contributed by atoms with Crippen LogP contribution in [0.25, 0.3) is 0 Å². The Balaban J connectivity index is 2.70. The molecule has 0 heterocycles. The number of hydrogen-bond acceptors (Lipinski definition) is 3. The number of ether oxygens (including phenoxy) is 1. The van der Waals surface area contributed by atoms with Crippen molar-refractivity contribution in [3.8, 4) is 0 Å². The van der Waals surface area contributed by atoms with Crippen molar-refractivity contribution in [2.75, 3.05) is 13.2 Å². The lowest BCUT2D eigenvalue weighted by molar-refractivity contribution is 0.0461. The van der Waals surface area contributed by atoms with E-state index in [9.17, 15) is 9.90 Å². The first-order valence-electron chi connectivity index (χ1n) is 7.52. The van der Waals surface area contributed by atoms with Crippen molar-refractivity contribution in [2.45, 2.75) is 46.1 Å². The van der Waals surface area contributed by atoms with E-state index in [4.69, 9.17) is 16.3 Å². The topological polar surface area (TPSA) is 58.6 Å². The van der Waals surface area contributed by atoms with Crippen LogP contribution in [0, 0.1) is 5.41 Å². The van der Waals surface area contributed by atoms with Crippen LogP contribution >= 0.6 is 11.6 Å². The fourth-order valence-corrected chi connectivity index (χ4v) is 2.27. The molecule has 0 aliphatic carbocycles. The van der Waals surface area contributed by atoms with Crippen molar-refractivity contribution in [3.63, 3.8) is 0 Å². The number of nitrogens with one attached hydrogen (secondary N) is 1. The molecule has 2 N–H and O–H groups in total. The lowest BCUT2D eigenvalue weighted by Gasteiger charge is -2.31. The average molecular weight is 328 g/mol. The van der Waals surface area contributed by atoms with Crippen molar-refractivity contribution in [1.82, 2.24) is 5.32 Å². The van der Waals surface area contributed by atoms with Crippen molar-refractivity contribution in [2.24, 2.45) is 5.41 Å². The molecule has 0 aromatic heterocycles. The molecule has 0 spiro atoms. The van der Waals surface area contributed by atoms with Crippen LogP contribution in [0.1, 0.15) is 39.7 Å². The molecule has 1 amide bonds. The molecule has 1 aromatic rings. The molecule has 5 heteroatoms. The van der Waals surface area contributed by atoms with Gasteiger partial charge in [-0.25, -0.2) is 4.79 Å². The maximum absolute atomic E-state index is 11.8. The second kappa shape index (κ2) is 7.84. The van der Waals surface area contributed by atoms with Crippen LogP contribution in [0.5, 0.6) is 0 Å². The van der Waals surface area contributed by atoms with Crippen molar-refractivity contribution in [1.29, 1.82) is 0 Å². The van der Waals surface area contributed by atoms with Gasteiger partial charge in [0.05, 0.1) is 6.61 Å². The Kier molecular flexibility index (Phi) is 6.69. The summed E-state index contributed by atoms with van der Waals surface area (Å²) in [5.74, 6) is 0. The van der Waals surface area contributed by atoms with E-state index in [1.165, 1.54) is 0 Å². The molecule has 0 saturated heterocycles. The fourth-order valence-electron chi connectivity index (χ4n) is 2.15. The monoisotopic (exact) mass is 327 g/mol. The molecule has 4 nitrogen and oxygen atoms in total. The second-order valence-electron chi connectivity index (χ2n) is 6.67. The van der Waals surface area contributed by atoms with E-state index in [-0.39, 0.29) is 6.61 Å². The minimum atomic E-state index is -0.533. The third-order valence-corrected chi connectivity index (χ3v) is 3.84. The minimum Gasteiger partial charge on any atom is -0.444 e. The smallest absolute Gasteiger partial charge is 0.407 e. The maximum atomic E-state index is 11.8. The third-order valence-electron chi connectivity index (χ3n) is 3.58. The Morgan fingerprint density at radius 2 is 1.86 bits per heavy atom. The Bertz CT molecular complexity index is 476. The number of carbonyl (C=O) groups excluding carboxylic acids is 1. The van der Waals surface area contributed by atoms with Gasteiger partial charge in [-0.3, -0.25) is 0 Å². The van der Waals surface area contributed by atoms with Gasteiger partial charge in [-0.1, -0.05) is 30.7 Å². The average Bonchev–Trinajstić information content (AvgIpc) is 2.44. The number of alkyl carbamates (subject to hydrolysis) is 1. The highest BCUT2D eigenvalue weighted by molar-refractivity contribution is 6.30. The summed E-state index contributed by atoms with van der Waals surface area (Å²) < 4.78 is 5.24. The molecule has 0 bridgehead atoms. The molecule has 0 radical (unpaired) electrons. The molecule has 1 atom stereocenters. The summed E-state index contributed by atoms with van der Waals surface area (Å²) >= 11 is 5.89. The Morgan fingerprint density at radius 1 is 1.27 bits per heavy atom. The first-order valence-corrected chi connectivity index (χ1v) is 7.90. The van der Waals surface area contributed by atoms with Crippen molar-refractivity contribution in [3.05, 3.63) is 34.9 Å². The predicted molar refractivity (Wildman–Crippen MR) is 89.2 cm³/mol. The van der Waals surface area contributed by atoms with E-state index in [1.807, 2.05) is 52.0 Å². The Morgan fingerprint density at radius 3 is 2.32 bits per heavy atom. The SMILES string of the molecule is CCC(CO)(CNC(=O)OC(C)(C)C)Cc1ccc(Cl)cc1. The number of carbonyl (C=O) groups is 1. The maximum Gasteiger partial charge on any atom is 0.407 e. The number of rotatable bonds is 6. The minimum absolute atomic E-state index is 0.0120. The molecule has 124 valence electrons. The van der Waals surface area contributed by atoms with E-state index in [0.29, 0.717) is 18.0 Å². The normalized spacial score (nSPS) is 14.3. The summed E-state index contributed by atoms with van der Waals surface area (Å²) in [6.07, 6.45) is 0.935. The lowest BCUT2D eigenvalue weighted by Crippen LogP contribution is -2.43. The molecule has 1 aromatic carbocycles. The highest BCUT2D eigenvalue weighted by Crippen LogP contribution is 2.27. The first-order chi connectivity index (χ1) is 10.2.